The van der Waals surface area contributed by atoms with Gasteiger partial charge in [0.1, 0.15) is 5.75 Å². The Bertz CT molecular complexity index is 664. The van der Waals surface area contributed by atoms with Crippen molar-refractivity contribution < 1.29 is 22.7 Å². The van der Waals surface area contributed by atoms with Gasteiger partial charge in [-0.05, 0) is 54.8 Å². The van der Waals surface area contributed by atoms with E-state index in [0.29, 0.717) is 5.75 Å². The van der Waals surface area contributed by atoms with Gasteiger partial charge in [0.2, 0.25) is 0 Å². The van der Waals surface area contributed by atoms with Crippen molar-refractivity contribution in [3.63, 3.8) is 0 Å². The van der Waals surface area contributed by atoms with Crippen LogP contribution in [0.25, 0.3) is 0 Å². The minimum atomic E-state index is -4.40. The Hall–Kier alpha value is -2.50. The summed E-state index contributed by atoms with van der Waals surface area (Å²) < 4.78 is 42.5. The predicted molar refractivity (Wildman–Crippen MR) is 86.1 cm³/mol. The van der Waals surface area contributed by atoms with Gasteiger partial charge >= 0.3 is 12.3 Å². The highest BCUT2D eigenvalue weighted by atomic mass is 19.4. The molecule has 6 heteroatoms. The fourth-order valence-corrected chi connectivity index (χ4v) is 2.10. The molecule has 0 fully saturated rings. The number of hydrogen-bond acceptors (Lipinski definition) is 2. The van der Waals surface area contributed by atoms with E-state index >= 15 is 0 Å². The maximum Gasteiger partial charge on any atom is 0.417 e. The van der Waals surface area contributed by atoms with Crippen molar-refractivity contribution in [1.29, 1.82) is 0 Å². The summed E-state index contributed by atoms with van der Waals surface area (Å²) in [7, 11) is 0. The number of hydrogen-bond donors (Lipinski definition) is 1. The molecular formula is C18H18F3NO2. The summed E-state index contributed by atoms with van der Waals surface area (Å²) >= 11 is 0. The van der Waals surface area contributed by atoms with Crippen LogP contribution in [-0.4, -0.2) is 6.09 Å². The molecule has 0 aliphatic rings. The van der Waals surface area contributed by atoms with Crippen molar-refractivity contribution >= 4 is 11.8 Å². The van der Waals surface area contributed by atoms with Gasteiger partial charge < -0.3 is 4.74 Å². The standard InChI is InChI=1S/C18H18F3NO2/c1-2-3-4-13-5-11-16(12-6-13)24-17(23)22-15-9-7-14(8-10-15)18(19,20)21/h5-12H,2-4H2,1H3,(H,22,23). The maximum atomic E-state index is 12.5. The monoisotopic (exact) mass is 337 g/mol. The Balaban J connectivity index is 1.91. The molecule has 0 saturated heterocycles. The van der Waals surface area contributed by atoms with Gasteiger partial charge in [-0.3, -0.25) is 5.32 Å². The molecule has 2 rings (SSSR count). The predicted octanol–water partition coefficient (Wildman–Crippen LogP) is 5.66. The van der Waals surface area contributed by atoms with E-state index in [9.17, 15) is 18.0 Å². The highest BCUT2D eigenvalue weighted by Crippen LogP contribution is 2.29. The van der Waals surface area contributed by atoms with Gasteiger partial charge in [0.25, 0.3) is 0 Å². The summed E-state index contributed by atoms with van der Waals surface area (Å²) in [5.74, 6) is 0.375. The molecule has 0 radical (unpaired) electrons. The van der Waals surface area contributed by atoms with E-state index in [0.717, 1.165) is 37.0 Å². The molecule has 0 aromatic heterocycles. The zero-order valence-electron chi connectivity index (χ0n) is 13.2. The van der Waals surface area contributed by atoms with E-state index in [1.165, 1.54) is 12.1 Å². The first-order valence-electron chi connectivity index (χ1n) is 7.63. The third-order valence-electron chi connectivity index (χ3n) is 3.41. The van der Waals surface area contributed by atoms with Crippen LogP contribution in [0.15, 0.2) is 48.5 Å². The molecule has 0 atom stereocenters. The number of anilines is 1. The fraction of sp³-hybridized carbons (Fsp3) is 0.278. The molecule has 1 amide bonds. The number of halogens is 3. The number of amides is 1. The lowest BCUT2D eigenvalue weighted by Gasteiger charge is -2.09. The molecular weight excluding hydrogens is 319 g/mol. The van der Waals surface area contributed by atoms with Crippen molar-refractivity contribution in [2.75, 3.05) is 5.32 Å². The van der Waals surface area contributed by atoms with Crippen molar-refractivity contribution in [3.05, 3.63) is 59.7 Å². The van der Waals surface area contributed by atoms with Crippen molar-refractivity contribution in [3.8, 4) is 5.75 Å². The number of carbonyl (C=O) groups excluding carboxylic acids is 1. The summed E-state index contributed by atoms with van der Waals surface area (Å²) in [6.07, 6.45) is -1.99. The lowest BCUT2D eigenvalue weighted by Crippen LogP contribution is -2.16. The Labute approximate surface area is 138 Å². The highest BCUT2D eigenvalue weighted by Gasteiger charge is 2.29. The number of rotatable bonds is 5. The molecule has 2 aromatic carbocycles. The van der Waals surface area contributed by atoms with Crippen molar-refractivity contribution in [1.82, 2.24) is 0 Å². The van der Waals surface area contributed by atoms with E-state index < -0.39 is 17.8 Å². The lowest BCUT2D eigenvalue weighted by molar-refractivity contribution is -0.137. The van der Waals surface area contributed by atoms with Gasteiger partial charge in [0, 0.05) is 5.69 Å². The molecule has 3 nitrogen and oxygen atoms in total. The molecule has 24 heavy (non-hydrogen) atoms. The second-order valence-electron chi connectivity index (χ2n) is 5.34. The Kier molecular flexibility index (Phi) is 5.84. The third-order valence-corrected chi connectivity index (χ3v) is 3.41. The molecule has 0 heterocycles. The fourth-order valence-electron chi connectivity index (χ4n) is 2.10. The molecule has 0 unspecified atom stereocenters. The molecule has 0 aliphatic carbocycles. The average Bonchev–Trinajstić information content (AvgIpc) is 2.54. The van der Waals surface area contributed by atoms with Crippen LogP contribution in [0, 0.1) is 0 Å². The van der Waals surface area contributed by atoms with Crippen LogP contribution in [0.2, 0.25) is 0 Å². The van der Waals surface area contributed by atoms with Crippen LogP contribution in [0.3, 0.4) is 0 Å². The number of unbranched alkanes of at least 4 members (excludes halogenated alkanes) is 1. The van der Waals surface area contributed by atoms with Crippen LogP contribution in [0.4, 0.5) is 23.7 Å². The first-order valence-corrected chi connectivity index (χ1v) is 7.63. The summed E-state index contributed by atoms with van der Waals surface area (Å²) in [4.78, 5) is 11.8. The largest absolute Gasteiger partial charge is 0.417 e. The quantitative estimate of drug-likeness (QED) is 0.764. The van der Waals surface area contributed by atoms with Gasteiger partial charge in [-0.2, -0.15) is 13.2 Å². The van der Waals surface area contributed by atoms with Crippen molar-refractivity contribution in [2.45, 2.75) is 32.4 Å². The van der Waals surface area contributed by atoms with Crippen molar-refractivity contribution in [2.24, 2.45) is 0 Å². The molecule has 2 aromatic rings. The van der Waals surface area contributed by atoms with E-state index in [-0.39, 0.29) is 5.69 Å². The Morgan fingerprint density at radius 1 is 1.04 bits per heavy atom. The van der Waals surface area contributed by atoms with Gasteiger partial charge in [-0.25, -0.2) is 4.79 Å². The zero-order valence-corrected chi connectivity index (χ0v) is 13.2. The number of nitrogens with one attached hydrogen (secondary N) is 1. The Morgan fingerprint density at radius 2 is 1.67 bits per heavy atom. The second kappa shape index (κ2) is 7.86. The van der Waals surface area contributed by atoms with Crippen LogP contribution < -0.4 is 10.1 Å². The average molecular weight is 337 g/mol. The van der Waals surface area contributed by atoms with Crippen LogP contribution in [-0.2, 0) is 12.6 Å². The van der Waals surface area contributed by atoms with Crippen LogP contribution in [0.5, 0.6) is 5.75 Å². The number of alkyl halides is 3. The SMILES string of the molecule is CCCCc1ccc(OC(=O)Nc2ccc(C(F)(F)F)cc2)cc1. The summed E-state index contributed by atoms with van der Waals surface area (Å²) in [5, 5.41) is 2.39. The van der Waals surface area contributed by atoms with Gasteiger partial charge in [0.15, 0.2) is 0 Å². The van der Waals surface area contributed by atoms with Gasteiger partial charge in [-0.15, -0.1) is 0 Å². The molecule has 0 bridgehead atoms. The Morgan fingerprint density at radius 3 is 2.21 bits per heavy atom. The van der Waals surface area contributed by atoms with E-state index in [1.807, 2.05) is 12.1 Å². The third kappa shape index (κ3) is 5.30. The number of carbonyl (C=O) groups is 1. The molecule has 0 spiro atoms. The smallest absolute Gasteiger partial charge is 0.410 e. The molecule has 0 saturated carbocycles. The highest BCUT2D eigenvalue weighted by molar-refractivity contribution is 5.86. The summed E-state index contributed by atoms with van der Waals surface area (Å²) in [6, 6.07) is 11.3. The molecule has 0 aliphatic heterocycles. The van der Waals surface area contributed by atoms with Gasteiger partial charge in [-0.1, -0.05) is 25.5 Å². The van der Waals surface area contributed by atoms with E-state index in [2.05, 4.69) is 12.2 Å². The van der Waals surface area contributed by atoms with E-state index in [1.54, 1.807) is 12.1 Å². The first kappa shape index (κ1) is 17.8. The number of ether oxygens (including phenoxy) is 1. The second-order valence-corrected chi connectivity index (χ2v) is 5.34. The zero-order chi connectivity index (χ0) is 17.6. The van der Waals surface area contributed by atoms with Crippen LogP contribution >= 0.6 is 0 Å². The summed E-state index contributed by atoms with van der Waals surface area (Å²) in [5.41, 5.74) is 0.615. The first-order chi connectivity index (χ1) is 11.4. The van der Waals surface area contributed by atoms with Gasteiger partial charge in [0.05, 0.1) is 5.56 Å². The summed E-state index contributed by atoms with van der Waals surface area (Å²) in [6.45, 7) is 2.11. The number of aryl methyl sites for hydroxylation is 1. The minimum absolute atomic E-state index is 0.229. The van der Waals surface area contributed by atoms with E-state index in [4.69, 9.17) is 4.74 Å². The normalized spacial score (nSPS) is 11.2. The minimum Gasteiger partial charge on any atom is -0.410 e. The maximum absolute atomic E-state index is 12.5. The molecule has 128 valence electrons. The lowest BCUT2D eigenvalue weighted by atomic mass is 10.1. The molecule has 1 N–H and O–H groups in total. The van der Waals surface area contributed by atoms with Crippen LogP contribution in [0.1, 0.15) is 30.9 Å². The topological polar surface area (TPSA) is 38.3 Å². The number of benzene rings is 2.